The highest BCUT2D eigenvalue weighted by atomic mass is 16.6. The largest absolute Gasteiger partial charge is 0.339 e. The van der Waals surface area contributed by atoms with Crippen molar-refractivity contribution in [3.8, 4) is 17.3 Å². The predicted molar refractivity (Wildman–Crippen MR) is 92.3 cm³/mol. The van der Waals surface area contributed by atoms with Gasteiger partial charge in [0.05, 0.1) is 21.7 Å². The highest BCUT2D eigenvalue weighted by Gasteiger charge is 2.29. The van der Waals surface area contributed by atoms with E-state index in [0.717, 1.165) is 5.56 Å². The molecule has 0 atom stereocenters. The van der Waals surface area contributed by atoms with E-state index in [-0.39, 0.29) is 11.5 Å². The molecule has 0 radical (unpaired) electrons. The average molecular weight is 336 g/mol. The summed E-state index contributed by atoms with van der Waals surface area (Å²) in [4.78, 5) is 26.2. The number of aromatic nitrogens is 2. The third-order valence-electron chi connectivity index (χ3n) is 3.97. The van der Waals surface area contributed by atoms with Crippen LogP contribution in [0.4, 0.5) is 5.69 Å². The minimum atomic E-state index is -0.619. The van der Waals surface area contributed by atoms with Crippen molar-refractivity contribution in [1.29, 1.82) is 5.26 Å². The van der Waals surface area contributed by atoms with E-state index < -0.39 is 10.3 Å². The molecule has 0 aliphatic rings. The molecule has 0 fully saturated rings. The number of aromatic amines is 1. The second kappa shape index (κ2) is 5.60. The van der Waals surface area contributed by atoms with Crippen molar-refractivity contribution in [3.63, 3.8) is 0 Å². The number of nitrogens with zero attached hydrogens (tertiary/aromatic N) is 3. The fourth-order valence-electron chi connectivity index (χ4n) is 2.65. The molecule has 0 unspecified atom stereocenters. The molecular weight excluding hydrogens is 320 g/mol. The second-order valence-electron chi connectivity index (χ2n) is 6.84. The van der Waals surface area contributed by atoms with Crippen molar-refractivity contribution in [3.05, 3.63) is 57.9 Å². The molecule has 2 aromatic heterocycles. The average Bonchev–Trinajstić information content (AvgIpc) is 3.10. The van der Waals surface area contributed by atoms with E-state index in [0.29, 0.717) is 22.5 Å². The zero-order valence-corrected chi connectivity index (χ0v) is 14.0. The molecule has 0 saturated heterocycles. The van der Waals surface area contributed by atoms with Gasteiger partial charge in [-0.05, 0) is 17.7 Å². The molecule has 7 nitrogen and oxygen atoms in total. The quantitative estimate of drug-likeness (QED) is 0.444. The topological polar surface area (TPSA) is 104 Å². The highest BCUT2D eigenvalue weighted by Crippen LogP contribution is 2.30. The number of hydrogen-bond acceptors (Lipinski definition) is 4. The summed E-state index contributed by atoms with van der Waals surface area (Å²) in [6, 6.07) is 8.19. The van der Waals surface area contributed by atoms with Gasteiger partial charge in [-0.3, -0.25) is 14.9 Å². The highest BCUT2D eigenvalue weighted by molar-refractivity contribution is 6.07. The Morgan fingerprint density at radius 2 is 1.88 bits per heavy atom. The first kappa shape index (κ1) is 16.5. The number of rotatable bonds is 3. The van der Waals surface area contributed by atoms with Crippen LogP contribution < -0.4 is 0 Å². The lowest BCUT2D eigenvalue weighted by molar-refractivity contribution is -0.384. The van der Waals surface area contributed by atoms with Crippen LogP contribution >= 0.6 is 0 Å². The molecule has 0 bridgehead atoms. The maximum absolute atomic E-state index is 12.7. The number of nitriles is 1. The lowest BCUT2D eigenvalue weighted by Crippen LogP contribution is -2.20. The molecule has 7 heteroatoms. The van der Waals surface area contributed by atoms with Crippen LogP contribution in [0.3, 0.4) is 0 Å². The van der Waals surface area contributed by atoms with Gasteiger partial charge in [0, 0.05) is 29.9 Å². The van der Waals surface area contributed by atoms with Crippen LogP contribution in [0.1, 0.15) is 36.7 Å². The van der Waals surface area contributed by atoms with E-state index in [4.69, 9.17) is 0 Å². The number of carbonyl (C=O) groups is 1. The van der Waals surface area contributed by atoms with Gasteiger partial charge in [0.1, 0.15) is 11.7 Å². The van der Waals surface area contributed by atoms with E-state index in [2.05, 4.69) is 11.1 Å². The summed E-state index contributed by atoms with van der Waals surface area (Å²) in [6.45, 7) is 5.42. The smallest absolute Gasteiger partial charge is 0.269 e. The van der Waals surface area contributed by atoms with Gasteiger partial charge < -0.3 is 9.38 Å². The van der Waals surface area contributed by atoms with Crippen molar-refractivity contribution in [2.45, 2.75) is 20.8 Å². The zero-order valence-electron chi connectivity index (χ0n) is 14.0. The van der Waals surface area contributed by atoms with E-state index in [1.54, 1.807) is 49.7 Å². The lowest BCUT2D eigenvalue weighted by atomic mass is 9.86. The molecule has 1 N–H and O–H groups in total. The number of ketones is 1. The molecule has 3 rings (SSSR count). The van der Waals surface area contributed by atoms with Gasteiger partial charge in [-0.2, -0.15) is 5.26 Å². The predicted octanol–water partition coefficient (Wildman–Crippen LogP) is 3.94. The van der Waals surface area contributed by atoms with Crippen LogP contribution in [-0.2, 0) is 0 Å². The Labute approximate surface area is 143 Å². The van der Waals surface area contributed by atoms with E-state index in [9.17, 15) is 20.2 Å². The molecule has 1 aromatic carbocycles. The van der Waals surface area contributed by atoms with Crippen LogP contribution in [-0.4, -0.2) is 20.1 Å². The van der Waals surface area contributed by atoms with Gasteiger partial charge in [0.15, 0.2) is 5.78 Å². The van der Waals surface area contributed by atoms with Gasteiger partial charge in [0.2, 0.25) is 0 Å². The number of carbonyl (C=O) groups excluding carboxylic acids is 1. The van der Waals surface area contributed by atoms with Gasteiger partial charge in [-0.25, -0.2) is 0 Å². The fourth-order valence-corrected chi connectivity index (χ4v) is 2.65. The van der Waals surface area contributed by atoms with Crippen LogP contribution in [0.25, 0.3) is 16.9 Å². The number of fused-ring (bicyclic) bond motifs is 1. The Morgan fingerprint density at radius 1 is 1.24 bits per heavy atom. The number of H-pyrrole nitrogens is 1. The van der Waals surface area contributed by atoms with Crippen molar-refractivity contribution in [2.24, 2.45) is 5.41 Å². The third kappa shape index (κ3) is 2.78. The second-order valence-corrected chi connectivity index (χ2v) is 6.84. The Bertz CT molecular complexity index is 1030. The maximum Gasteiger partial charge on any atom is 0.269 e. The SMILES string of the molecule is CC(C)(C)C(=O)c1c(C#N)cn2cc(-c3ccc([N+](=O)[O-])cc3)[nH]c12. The standard InChI is InChI=1S/C18H16N4O3/c1-18(2,3)16(23)15-12(8-19)9-21-10-14(20-17(15)21)11-4-6-13(7-5-11)22(24)25/h4-7,9-10,20H,1-3H3. The Hall–Kier alpha value is -3.40. The van der Waals surface area contributed by atoms with Crippen molar-refractivity contribution in [1.82, 2.24) is 9.38 Å². The summed E-state index contributed by atoms with van der Waals surface area (Å²) in [5.41, 5.74) is 2.08. The van der Waals surface area contributed by atoms with E-state index >= 15 is 0 Å². The number of nitrogens with one attached hydrogen (secondary N) is 1. The first-order valence-corrected chi connectivity index (χ1v) is 7.66. The van der Waals surface area contributed by atoms with E-state index in [1.807, 2.05) is 0 Å². The minimum Gasteiger partial charge on any atom is -0.339 e. The summed E-state index contributed by atoms with van der Waals surface area (Å²) in [5.74, 6) is -0.122. The fraction of sp³-hybridized carbons (Fsp3) is 0.222. The molecule has 0 saturated carbocycles. The number of imidazole rings is 1. The monoisotopic (exact) mass is 336 g/mol. The molecule has 0 aliphatic carbocycles. The Kier molecular flexibility index (Phi) is 3.68. The molecular formula is C18H16N4O3. The Balaban J connectivity index is 2.12. The van der Waals surface area contributed by atoms with E-state index in [1.165, 1.54) is 12.1 Å². The number of nitro groups is 1. The first-order chi connectivity index (χ1) is 11.7. The van der Waals surface area contributed by atoms with Gasteiger partial charge >= 0.3 is 0 Å². The molecule has 2 heterocycles. The minimum absolute atomic E-state index is 0.0114. The normalized spacial score (nSPS) is 11.4. The number of hydrogen-bond donors (Lipinski definition) is 1. The van der Waals surface area contributed by atoms with Gasteiger partial charge in [0.25, 0.3) is 5.69 Å². The summed E-state index contributed by atoms with van der Waals surface area (Å²) < 4.78 is 1.70. The molecule has 126 valence electrons. The molecule has 25 heavy (non-hydrogen) atoms. The van der Waals surface area contributed by atoms with Gasteiger partial charge in [-0.15, -0.1) is 0 Å². The van der Waals surface area contributed by atoms with Crippen LogP contribution in [0.2, 0.25) is 0 Å². The van der Waals surface area contributed by atoms with Crippen LogP contribution in [0, 0.1) is 26.9 Å². The van der Waals surface area contributed by atoms with Crippen LogP contribution in [0.15, 0.2) is 36.7 Å². The van der Waals surface area contributed by atoms with Crippen molar-refractivity contribution in [2.75, 3.05) is 0 Å². The van der Waals surface area contributed by atoms with Crippen molar-refractivity contribution >= 4 is 17.1 Å². The zero-order chi connectivity index (χ0) is 18.4. The lowest BCUT2D eigenvalue weighted by Gasteiger charge is -2.15. The number of non-ortho nitro benzene ring substituents is 1. The summed E-state index contributed by atoms with van der Waals surface area (Å²) in [5, 5.41) is 20.1. The number of benzene rings is 1. The number of nitro benzene ring substituents is 1. The third-order valence-corrected chi connectivity index (χ3v) is 3.97. The summed E-state index contributed by atoms with van der Waals surface area (Å²) in [6.07, 6.45) is 3.37. The Morgan fingerprint density at radius 3 is 2.40 bits per heavy atom. The summed E-state index contributed by atoms with van der Waals surface area (Å²) >= 11 is 0. The molecule has 0 aliphatic heterocycles. The molecule has 0 amide bonds. The maximum atomic E-state index is 12.7. The van der Waals surface area contributed by atoms with Crippen LogP contribution in [0.5, 0.6) is 0 Å². The van der Waals surface area contributed by atoms with Crippen molar-refractivity contribution < 1.29 is 9.72 Å². The first-order valence-electron chi connectivity index (χ1n) is 7.66. The van der Waals surface area contributed by atoms with Gasteiger partial charge in [-0.1, -0.05) is 20.8 Å². The molecule has 3 aromatic rings. The number of Topliss-reactive ketones (excluding diaryl/α,β-unsaturated/α-hetero) is 1. The summed E-state index contributed by atoms with van der Waals surface area (Å²) in [7, 11) is 0. The molecule has 0 spiro atoms.